The van der Waals surface area contributed by atoms with Crippen LogP contribution in [-0.4, -0.2) is 26.2 Å². The number of nitrogens with one attached hydrogen (secondary N) is 1. The molecule has 0 heterocycles. The van der Waals surface area contributed by atoms with Crippen molar-refractivity contribution in [3.8, 4) is 0 Å². The van der Waals surface area contributed by atoms with E-state index in [1.54, 1.807) is 18.2 Å². The summed E-state index contributed by atoms with van der Waals surface area (Å²) in [4.78, 5) is 0.248. The van der Waals surface area contributed by atoms with Crippen LogP contribution in [0.4, 0.5) is 0 Å². The highest BCUT2D eigenvalue weighted by molar-refractivity contribution is 7.89. The number of hydrogen-bond donors (Lipinski definition) is 2. The predicted octanol–water partition coefficient (Wildman–Crippen LogP) is 2.38. The van der Waals surface area contributed by atoms with E-state index in [2.05, 4.69) is 4.72 Å². The lowest BCUT2D eigenvalue weighted by atomic mass is 9.97. The standard InChI is InChI=1S/C15H25NO3S/c1-5-13(6-2)15(17)10-16-20(18,19)14-8-7-11(3)12(4)9-14/h7-9,13,15-17H,5-6,10H2,1-4H3. The van der Waals surface area contributed by atoms with Crippen molar-refractivity contribution in [3.05, 3.63) is 29.3 Å². The van der Waals surface area contributed by atoms with Crippen LogP contribution in [-0.2, 0) is 10.0 Å². The highest BCUT2D eigenvalue weighted by Gasteiger charge is 2.20. The van der Waals surface area contributed by atoms with Gasteiger partial charge in [-0.25, -0.2) is 13.1 Å². The quantitative estimate of drug-likeness (QED) is 0.812. The van der Waals surface area contributed by atoms with E-state index in [1.807, 2.05) is 27.7 Å². The van der Waals surface area contributed by atoms with Gasteiger partial charge in [0.2, 0.25) is 10.0 Å². The van der Waals surface area contributed by atoms with Gasteiger partial charge in [0.15, 0.2) is 0 Å². The molecule has 20 heavy (non-hydrogen) atoms. The average Bonchev–Trinajstić information content (AvgIpc) is 2.41. The highest BCUT2D eigenvalue weighted by atomic mass is 32.2. The summed E-state index contributed by atoms with van der Waals surface area (Å²) < 4.78 is 26.8. The number of aliphatic hydroxyl groups excluding tert-OH is 1. The Morgan fingerprint density at radius 3 is 2.25 bits per heavy atom. The highest BCUT2D eigenvalue weighted by Crippen LogP contribution is 2.16. The van der Waals surface area contributed by atoms with Gasteiger partial charge in [-0.2, -0.15) is 0 Å². The molecule has 0 aromatic heterocycles. The summed E-state index contributed by atoms with van der Waals surface area (Å²) in [7, 11) is -3.55. The number of aliphatic hydroxyl groups is 1. The van der Waals surface area contributed by atoms with Crippen LogP contribution in [0.5, 0.6) is 0 Å². The molecule has 0 saturated heterocycles. The van der Waals surface area contributed by atoms with E-state index in [1.165, 1.54) is 0 Å². The molecule has 1 atom stereocenters. The molecule has 5 heteroatoms. The van der Waals surface area contributed by atoms with E-state index in [4.69, 9.17) is 0 Å². The lowest BCUT2D eigenvalue weighted by Crippen LogP contribution is -2.36. The molecule has 0 amide bonds. The Morgan fingerprint density at radius 2 is 1.75 bits per heavy atom. The van der Waals surface area contributed by atoms with Gasteiger partial charge in [-0.1, -0.05) is 32.8 Å². The zero-order chi connectivity index (χ0) is 15.3. The molecule has 1 unspecified atom stereocenters. The number of sulfonamides is 1. The third-order valence-electron chi connectivity index (χ3n) is 3.86. The van der Waals surface area contributed by atoms with E-state index in [0.29, 0.717) is 0 Å². The molecule has 114 valence electrons. The SMILES string of the molecule is CCC(CC)C(O)CNS(=O)(=O)c1ccc(C)c(C)c1. The maximum atomic E-state index is 12.2. The number of aryl methyl sites for hydroxylation is 2. The maximum Gasteiger partial charge on any atom is 0.240 e. The predicted molar refractivity (Wildman–Crippen MR) is 81.2 cm³/mol. The Balaban J connectivity index is 2.77. The van der Waals surface area contributed by atoms with Crippen molar-refractivity contribution in [3.63, 3.8) is 0 Å². The summed E-state index contributed by atoms with van der Waals surface area (Å²) in [5.74, 6) is 0.123. The topological polar surface area (TPSA) is 66.4 Å². The fraction of sp³-hybridized carbons (Fsp3) is 0.600. The third-order valence-corrected chi connectivity index (χ3v) is 5.29. The van der Waals surface area contributed by atoms with Crippen LogP contribution >= 0.6 is 0 Å². The molecule has 0 radical (unpaired) electrons. The Bertz CT molecular complexity index is 536. The van der Waals surface area contributed by atoms with Crippen LogP contribution in [0.2, 0.25) is 0 Å². The number of hydrogen-bond acceptors (Lipinski definition) is 3. The molecule has 0 aliphatic rings. The molecule has 1 aromatic rings. The van der Waals surface area contributed by atoms with Gasteiger partial charge in [0.1, 0.15) is 0 Å². The second-order valence-electron chi connectivity index (χ2n) is 5.24. The van der Waals surface area contributed by atoms with Crippen molar-refractivity contribution in [2.75, 3.05) is 6.54 Å². The first-order chi connectivity index (χ1) is 9.31. The number of benzene rings is 1. The molecule has 0 aliphatic heterocycles. The summed E-state index contributed by atoms with van der Waals surface area (Å²) in [5.41, 5.74) is 1.99. The van der Waals surface area contributed by atoms with Gasteiger partial charge in [0.25, 0.3) is 0 Å². The van der Waals surface area contributed by atoms with Gasteiger partial charge in [0, 0.05) is 6.54 Å². The van der Waals surface area contributed by atoms with E-state index < -0.39 is 16.1 Å². The molecule has 0 fully saturated rings. The molecule has 4 nitrogen and oxygen atoms in total. The van der Waals surface area contributed by atoms with Gasteiger partial charge >= 0.3 is 0 Å². The minimum Gasteiger partial charge on any atom is -0.391 e. The molecule has 0 aliphatic carbocycles. The van der Waals surface area contributed by atoms with E-state index in [0.717, 1.165) is 24.0 Å². The maximum absolute atomic E-state index is 12.2. The Kier molecular flexibility index (Phi) is 6.17. The largest absolute Gasteiger partial charge is 0.391 e. The fourth-order valence-electron chi connectivity index (χ4n) is 2.16. The van der Waals surface area contributed by atoms with Gasteiger partial charge < -0.3 is 5.11 Å². The summed E-state index contributed by atoms with van der Waals surface area (Å²) in [6, 6.07) is 5.04. The van der Waals surface area contributed by atoms with Gasteiger partial charge in [-0.3, -0.25) is 0 Å². The summed E-state index contributed by atoms with van der Waals surface area (Å²) in [6.07, 6.45) is 1.03. The molecular weight excluding hydrogens is 274 g/mol. The zero-order valence-corrected chi connectivity index (χ0v) is 13.5. The zero-order valence-electron chi connectivity index (χ0n) is 12.7. The first kappa shape index (κ1) is 17.1. The molecule has 0 spiro atoms. The smallest absolute Gasteiger partial charge is 0.240 e. The summed E-state index contributed by atoms with van der Waals surface area (Å²) in [6.45, 7) is 7.87. The molecule has 1 aromatic carbocycles. The van der Waals surface area contributed by atoms with Crippen LogP contribution < -0.4 is 4.72 Å². The van der Waals surface area contributed by atoms with Crippen LogP contribution in [0.3, 0.4) is 0 Å². The lowest BCUT2D eigenvalue weighted by molar-refractivity contribution is 0.107. The van der Waals surface area contributed by atoms with Crippen molar-refractivity contribution in [2.24, 2.45) is 5.92 Å². The Labute approximate surface area is 122 Å². The van der Waals surface area contributed by atoms with Crippen molar-refractivity contribution in [1.82, 2.24) is 4.72 Å². The molecule has 2 N–H and O–H groups in total. The van der Waals surface area contributed by atoms with Crippen molar-refractivity contribution >= 4 is 10.0 Å². The first-order valence-corrected chi connectivity index (χ1v) is 8.55. The van der Waals surface area contributed by atoms with Crippen molar-refractivity contribution in [1.29, 1.82) is 0 Å². The van der Waals surface area contributed by atoms with Gasteiger partial charge in [0.05, 0.1) is 11.0 Å². The van der Waals surface area contributed by atoms with E-state index >= 15 is 0 Å². The van der Waals surface area contributed by atoms with Crippen molar-refractivity contribution < 1.29 is 13.5 Å². The van der Waals surface area contributed by atoms with Gasteiger partial charge in [-0.05, 0) is 43.0 Å². The van der Waals surface area contributed by atoms with Gasteiger partial charge in [-0.15, -0.1) is 0 Å². The van der Waals surface area contributed by atoms with E-state index in [-0.39, 0.29) is 17.4 Å². The Hall–Kier alpha value is -0.910. The summed E-state index contributed by atoms with van der Waals surface area (Å²) >= 11 is 0. The van der Waals surface area contributed by atoms with Crippen LogP contribution in [0.25, 0.3) is 0 Å². The molecular formula is C15H25NO3S. The minimum atomic E-state index is -3.55. The third kappa shape index (κ3) is 4.30. The average molecular weight is 299 g/mol. The minimum absolute atomic E-state index is 0.0571. The second-order valence-corrected chi connectivity index (χ2v) is 7.01. The molecule has 0 saturated carbocycles. The first-order valence-electron chi connectivity index (χ1n) is 7.06. The Morgan fingerprint density at radius 1 is 1.15 bits per heavy atom. The van der Waals surface area contributed by atoms with Crippen LogP contribution in [0.1, 0.15) is 37.8 Å². The fourth-order valence-corrected chi connectivity index (χ4v) is 3.29. The van der Waals surface area contributed by atoms with Crippen LogP contribution in [0, 0.1) is 19.8 Å². The molecule has 0 bridgehead atoms. The van der Waals surface area contributed by atoms with Crippen molar-refractivity contribution in [2.45, 2.75) is 51.5 Å². The lowest BCUT2D eigenvalue weighted by Gasteiger charge is -2.20. The van der Waals surface area contributed by atoms with E-state index in [9.17, 15) is 13.5 Å². The normalized spacial score (nSPS) is 13.7. The molecule has 1 rings (SSSR count). The summed E-state index contributed by atoms with van der Waals surface area (Å²) in [5, 5.41) is 9.99. The monoisotopic (exact) mass is 299 g/mol. The number of rotatable bonds is 7. The van der Waals surface area contributed by atoms with Crippen LogP contribution in [0.15, 0.2) is 23.1 Å². The second kappa shape index (κ2) is 7.20.